The highest BCUT2D eigenvalue weighted by atomic mass is 79.9. The Kier molecular flexibility index (Phi) is 5.82. The van der Waals surface area contributed by atoms with Gasteiger partial charge in [0.15, 0.2) is 0 Å². The zero-order valence-corrected chi connectivity index (χ0v) is 14.4. The standard InChI is InChI=1S/C17H24BrNO2/c1-17(16(20)21-2,13-9-11-14(18)12-10-13)19-15-7-5-3-4-6-8-15/h9-12,15,19H,3-8H2,1-2H3. The molecule has 1 unspecified atom stereocenters. The van der Waals surface area contributed by atoms with Crippen LogP contribution in [-0.2, 0) is 15.1 Å². The van der Waals surface area contributed by atoms with E-state index in [-0.39, 0.29) is 5.97 Å². The number of nitrogens with one attached hydrogen (secondary N) is 1. The largest absolute Gasteiger partial charge is 0.467 e. The summed E-state index contributed by atoms with van der Waals surface area (Å²) in [5.41, 5.74) is 0.159. The lowest BCUT2D eigenvalue weighted by molar-refractivity contribution is -0.148. The van der Waals surface area contributed by atoms with Crippen LogP contribution >= 0.6 is 15.9 Å². The lowest BCUT2D eigenvalue weighted by atomic mass is 9.90. The molecule has 0 spiro atoms. The van der Waals surface area contributed by atoms with Crippen LogP contribution in [0.1, 0.15) is 51.0 Å². The van der Waals surface area contributed by atoms with Gasteiger partial charge in [-0.2, -0.15) is 0 Å². The Bertz CT molecular complexity index is 466. The normalized spacial score (nSPS) is 19.6. The first kappa shape index (κ1) is 16.5. The maximum absolute atomic E-state index is 12.4. The van der Waals surface area contributed by atoms with E-state index < -0.39 is 5.54 Å². The van der Waals surface area contributed by atoms with Crippen molar-refractivity contribution >= 4 is 21.9 Å². The third-order valence-electron chi connectivity index (χ3n) is 4.36. The van der Waals surface area contributed by atoms with E-state index >= 15 is 0 Å². The number of benzene rings is 1. The molecular formula is C17H24BrNO2. The van der Waals surface area contributed by atoms with Crippen LogP contribution in [0.5, 0.6) is 0 Å². The zero-order chi connectivity index (χ0) is 15.3. The van der Waals surface area contributed by atoms with E-state index in [2.05, 4.69) is 21.2 Å². The highest BCUT2D eigenvalue weighted by Crippen LogP contribution is 2.28. The molecule has 0 radical (unpaired) electrons. The summed E-state index contributed by atoms with van der Waals surface area (Å²) in [6.45, 7) is 1.92. The van der Waals surface area contributed by atoms with E-state index in [0.717, 1.165) is 22.9 Å². The summed E-state index contributed by atoms with van der Waals surface area (Å²) in [6.07, 6.45) is 7.31. The van der Waals surface area contributed by atoms with Gasteiger partial charge in [-0.25, -0.2) is 4.79 Å². The molecule has 3 nitrogen and oxygen atoms in total. The van der Waals surface area contributed by atoms with Crippen molar-refractivity contribution in [1.82, 2.24) is 5.32 Å². The molecule has 1 aromatic carbocycles. The number of rotatable bonds is 4. The molecule has 1 N–H and O–H groups in total. The van der Waals surface area contributed by atoms with E-state index in [4.69, 9.17) is 4.74 Å². The molecule has 21 heavy (non-hydrogen) atoms. The molecule has 1 fully saturated rings. The van der Waals surface area contributed by atoms with Gasteiger partial charge >= 0.3 is 5.97 Å². The van der Waals surface area contributed by atoms with Crippen LogP contribution in [-0.4, -0.2) is 19.1 Å². The summed E-state index contributed by atoms with van der Waals surface area (Å²) in [6, 6.07) is 8.26. The van der Waals surface area contributed by atoms with Crippen molar-refractivity contribution in [1.29, 1.82) is 0 Å². The number of hydrogen-bond donors (Lipinski definition) is 1. The SMILES string of the molecule is COC(=O)C(C)(NC1CCCCCC1)c1ccc(Br)cc1. The number of halogens is 1. The van der Waals surface area contributed by atoms with Crippen LogP contribution in [0.3, 0.4) is 0 Å². The van der Waals surface area contributed by atoms with Crippen LogP contribution in [0.2, 0.25) is 0 Å². The molecule has 1 aliphatic carbocycles. The molecule has 1 saturated carbocycles. The Morgan fingerprint density at radius 2 is 1.76 bits per heavy atom. The van der Waals surface area contributed by atoms with E-state index in [0.29, 0.717) is 6.04 Å². The summed E-state index contributed by atoms with van der Waals surface area (Å²) in [7, 11) is 1.45. The van der Waals surface area contributed by atoms with Gasteiger partial charge in [-0.15, -0.1) is 0 Å². The molecule has 0 bridgehead atoms. The minimum absolute atomic E-state index is 0.228. The number of carbonyl (C=O) groups is 1. The second kappa shape index (κ2) is 7.41. The molecule has 1 atom stereocenters. The Morgan fingerprint density at radius 1 is 1.19 bits per heavy atom. The molecule has 0 heterocycles. The van der Waals surface area contributed by atoms with Crippen molar-refractivity contribution in [3.05, 3.63) is 34.3 Å². The molecule has 0 aromatic heterocycles. The average molecular weight is 354 g/mol. The van der Waals surface area contributed by atoms with E-state index in [1.54, 1.807) is 0 Å². The molecular weight excluding hydrogens is 330 g/mol. The van der Waals surface area contributed by atoms with Crippen LogP contribution < -0.4 is 5.32 Å². The first-order chi connectivity index (χ1) is 10.1. The van der Waals surface area contributed by atoms with Gasteiger partial charge in [0, 0.05) is 10.5 Å². The minimum atomic E-state index is -0.787. The summed E-state index contributed by atoms with van der Waals surface area (Å²) in [4.78, 5) is 12.4. The predicted molar refractivity (Wildman–Crippen MR) is 88.1 cm³/mol. The Balaban J connectivity index is 2.23. The fraction of sp³-hybridized carbons (Fsp3) is 0.588. The summed E-state index contributed by atoms with van der Waals surface area (Å²) in [5.74, 6) is -0.228. The van der Waals surface area contributed by atoms with E-state index in [9.17, 15) is 4.79 Å². The summed E-state index contributed by atoms with van der Waals surface area (Å²) in [5, 5.41) is 3.57. The van der Waals surface area contributed by atoms with Crippen LogP contribution in [0.4, 0.5) is 0 Å². The topological polar surface area (TPSA) is 38.3 Å². The smallest absolute Gasteiger partial charge is 0.330 e. The highest BCUT2D eigenvalue weighted by Gasteiger charge is 2.38. The average Bonchev–Trinajstić information content (AvgIpc) is 2.75. The highest BCUT2D eigenvalue weighted by molar-refractivity contribution is 9.10. The van der Waals surface area contributed by atoms with Gasteiger partial charge < -0.3 is 4.74 Å². The number of ether oxygens (including phenoxy) is 1. The fourth-order valence-electron chi connectivity index (χ4n) is 3.08. The number of hydrogen-bond acceptors (Lipinski definition) is 3. The quantitative estimate of drug-likeness (QED) is 0.652. The lowest BCUT2D eigenvalue weighted by Gasteiger charge is -2.33. The Hall–Kier alpha value is -0.870. The van der Waals surface area contributed by atoms with Crippen LogP contribution in [0.15, 0.2) is 28.7 Å². The van der Waals surface area contributed by atoms with Crippen LogP contribution in [0, 0.1) is 0 Å². The predicted octanol–water partition coefficient (Wildman–Crippen LogP) is 4.15. The van der Waals surface area contributed by atoms with Gasteiger partial charge in [0.05, 0.1) is 7.11 Å². The van der Waals surface area contributed by atoms with Crippen molar-refractivity contribution in [2.24, 2.45) is 0 Å². The van der Waals surface area contributed by atoms with Crippen molar-refractivity contribution in [3.8, 4) is 0 Å². The third kappa shape index (κ3) is 4.07. The first-order valence-electron chi connectivity index (χ1n) is 7.68. The monoisotopic (exact) mass is 353 g/mol. The van der Waals surface area contributed by atoms with Crippen molar-refractivity contribution in [2.75, 3.05) is 7.11 Å². The summed E-state index contributed by atoms with van der Waals surface area (Å²) >= 11 is 3.44. The first-order valence-corrected chi connectivity index (χ1v) is 8.48. The number of esters is 1. The van der Waals surface area contributed by atoms with Crippen molar-refractivity contribution < 1.29 is 9.53 Å². The second-order valence-electron chi connectivity index (χ2n) is 5.96. The third-order valence-corrected chi connectivity index (χ3v) is 4.89. The molecule has 1 aliphatic rings. The van der Waals surface area contributed by atoms with Gasteiger partial charge in [0.2, 0.25) is 0 Å². The van der Waals surface area contributed by atoms with Gasteiger partial charge in [-0.1, -0.05) is 53.7 Å². The summed E-state index contributed by atoms with van der Waals surface area (Å²) < 4.78 is 6.07. The molecule has 116 valence electrons. The van der Waals surface area contributed by atoms with E-state index in [1.165, 1.54) is 32.8 Å². The Morgan fingerprint density at radius 3 is 2.29 bits per heavy atom. The zero-order valence-electron chi connectivity index (χ0n) is 12.8. The van der Waals surface area contributed by atoms with Gasteiger partial charge in [-0.05, 0) is 37.5 Å². The molecule has 2 rings (SSSR count). The minimum Gasteiger partial charge on any atom is -0.467 e. The maximum Gasteiger partial charge on any atom is 0.330 e. The molecule has 0 saturated heterocycles. The molecule has 4 heteroatoms. The number of carbonyl (C=O) groups excluding carboxylic acids is 1. The Labute approximate surface area is 135 Å². The van der Waals surface area contributed by atoms with Crippen LogP contribution in [0.25, 0.3) is 0 Å². The lowest BCUT2D eigenvalue weighted by Crippen LogP contribution is -2.51. The molecule has 1 aromatic rings. The van der Waals surface area contributed by atoms with Gasteiger partial charge in [-0.3, -0.25) is 5.32 Å². The maximum atomic E-state index is 12.4. The second-order valence-corrected chi connectivity index (χ2v) is 6.87. The number of methoxy groups -OCH3 is 1. The van der Waals surface area contributed by atoms with Gasteiger partial charge in [0.1, 0.15) is 5.54 Å². The van der Waals surface area contributed by atoms with Crippen molar-refractivity contribution in [3.63, 3.8) is 0 Å². The fourth-order valence-corrected chi connectivity index (χ4v) is 3.34. The van der Waals surface area contributed by atoms with Crippen molar-refractivity contribution in [2.45, 2.75) is 57.0 Å². The molecule has 0 aliphatic heterocycles. The van der Waals surface area contributed by atoms with Gasteiger partial charge in [0.25, 0.3) is 0 Å². The molecule has 0 amide bonds. The van der Waals surface area contributed by atoms with E-state index in [1.807, 2.05) is 31.2 Å².